The van der Waals surface area contributed by atoms with Crippen LogP contribution in [0, 0.1) is 20.8 Å². The van der Waals surface area contributed by atoms with Crippen LogP contribution in [-0.4, -0.2) is 4.57 Å². The van der Waals surface area contributed by atoms with E-state index >= 15 is 0 Å². The van der Waals surface area contributed by atoms with Crippen molar-refractivity contribution >= 4 is 38.8 Å². The Morgan fingerprint density at radius 2 is 1.27 bits per heavy atom. The van der Waals surface area contributed by atoms with E-state index < -0.39 is 0 Å². The van der Waals surface area contributed by atoms with Crippen LogP contribution in [0.25, 0.3) is 55.3 Å². The molecule has 2 aliphatic carbocycles. The van der Waals surface area contributed by atoms with Gasteiger partial charge in [-0.1, -0.05) is 128 Å². The molecule has 2 aliphatic rings. The molecule has 0 saturated carbocycles. The minimum Gasteiger partial charge on any atom is -0.313 e. The summed E-state index contributed by atoms with van der Waals surface area (Å²) < 4.78 is 2.50. The van der Waals surface area contributed by atoms with Crippen LogP contribution in [0.2, 0.25) is 0 Å². The maximum atomic E-state index is 2.62. The van der Waals surface area contributed by atoms with E-state index in [1.165, 1.54) is 106 Å². The third-order valence-electron chi connectivity index (χ3n) is 12.2. The number of rotatable bonds is 6. The summed E-state index contributed by atoms with van der Waals surface area (Å²) in [4.78, 5) is 2.62. The standard InChI is InChI=1S/C53H44N2/c1-34-17-11-12-22-43(34)47-33-50(52-46-25-15-16-26-49(46)55(53(52)37(47)4)40-20-9-6-10-21-40)54(41-29-27-39(28-30-41)38-18-7-5-8-19-38)42-31-35(2)51-45-24-14-13-23-44(45)36(3)48(51)32-42/h5-27,29,31-33,36H,28,30H2,1-4H3. The number of para-hydroxylation sites is 2. The van der Waals surface area contributed by atoms with Gasteiger partial charge >= 0.3 is 0 Å². The molecule has 0 spiro atoms. The Balaban J connectivity index is 1.32. The number of hydrogen-bond donors (Lipinski definition) is 0. The molecule has 2 heteroatoms. The Kier molecular flexibility index (Phi) is 7.96. The molecule has 2 nitrogen and oxygen atoms in total. The second-order valence-electron chi connectivity index (χ2n) is 15.4. The fraction of sp³-hybridized carbons (Fsp3) is 0.132. The van der Waals surface area contributed by atoms with Gasteiger partial charge in [-0.3, -0.25) is 0 Å². The summed E-state index contributed by atoms with van der Waals surface area (Å²) in [7, 11) is 0. The summed E-state index contributed by atoms with van der Waals surface area (Å²) in [5.74, 6) is 0.317. The van der Waals surface area contributed by atoms with Gasteiger partial charge in [-0.2, -0.15) is 0 Å². The lowest BCUT2D eigenvalue weighted by Crippen LogP contribution is -2.19. The SMILES string of the molecule is Cc1ccccc1-c1cc(N(C2=CC=C(c3ccccc3)CC2)c2cc(C)c3c(c2)C(C)c2ccccc2-3)c2c3ccccc3n(-c3ccccc3)c2c1C. The van der Waals surface area contributed by atoms with E-state index in [1.807, 2.05) is 0 Å². The van der Waals surface area contributed by atoms with Gasteiger partial charge < -0.3 is 9.47 Å². The zero-order valence-electron chi connectivity index (χ0n) is 32.0. The topological polar surface area (TPSA) is 8.17 Å². The maximum absolute atomic E-state index is 2.62. The number of allylic oxidation sites excluding steroid dienone is 4. The molecule has 0 amide bonds. The van der Waals surface area contributed by atoms with Gasteiger partial charge in [0, 0.05) is 33.8 Å². The molecule has 1 aromatic heterocycles. The Morgan fingerprint density at radius 1 is 0.582 bits per heavy atom. The van der Waals surface area contributed by atoms with Crippen molar-refractivity contribution in [2.75, 3.05) is 4.90 Å². The summed E-state index contributed by atoms with van der Waals surface area (Å²) in [6.45, 7) is 9.25. The van der Waals surface area contributed by atoms with Gasteiger partial charge in [0.1, 0.15) is 0 Å². The van der Waals surface area contributed by atoms with Crippen LogP contribution >= 0.6 is 0 Å². The predicted octanol–water partition coefficient (Wildman–Crippen LogP) is 14.4. The van der Waals surface area contributed by atoms with Crippen LogP contribution in [0.15, 0.2) is 170 Å². The summed E-state index contributed by atoms with van der Waals surface area (Å²) >= 11 is 0. The first-order chi connectivity index (χ1) is 27.0. The largest absolute Gasteiger partial charge is 0.313 e. The monoisotopic (exact) mass is 708 g/mol. The van der Waals surface area contributed by atoms with E-state index in [0.717, 1.165) is 12.8 Å². The Hall–Kier alpha value is -6.38. The molecule has 1 unspecified atom stereocenters. The van der Waals surface area contributed by atoms with Crippen molar-refractivity contribution in [1.82, 2.24) is 4.57 Å². The molecule has 0 saturated heterocycles. The van der Waals surface area contributed by atoms with Crippen molar-refractivity contribution in [1.29, 1.82) is 0 Å². The van der Waals surface area contributed by atoms with Gasteiger partial charge in [-0.05, 0) is 137 Å². The van der Waals surface area contributed by atoms with Crippen LogP contribution in [0.1, 0.15) is 59.1 Å². The number of nitrogens with zero attached hydrogens (tertiary/aromatic N) is 2. The maximum Gasteiger partial charge on any atom is 0.0597 e. The zero-order chi connectivity index (χ0) is 37.2. The molecule has 1 heterocycles. The van der Waals surface area contributed by atoms with Crippen molar-refractivity contribution in [3.8, 4) is 27.9 Å². The molecule has 7 aromatic carbocycles. The minimum absolute atomic E-state index is 0.317. The fourth-order valence-electron chi connectivity index (χ4n) is 9.54. The van der Waals surface area contributed by atoms with Gasteiger partial charge in [-0.25, -0.2) is 0 Å². The van der Waals surface area contributed by atoms with E-state index in [1.54, 1.807) is 0 Å². The van der Waals surface area contributed by atoms with Gasteiger partial charge in [-0.15, -0.1) is 0 Å². The fourth-order valence-corrected chi connectivity index (χ4v) is 9.54. The third kappa shape index (κ3) is 5.31. The zero-order valence-corrected chi connectivity index (χ0v) is 32.0. The van der Waals surface area contributed by atoms with Gasteiger partial charge in [0.25, 0.3) is 0 Å². The van der Waals surface area contributed by atoms with Crippen molar-refractivity contribution < 1.29 is 0 Å². The van der Waals surface area contributed by atoms with Crippen LogP contribution in [0.5, 0.6) is 0 Å². The number of anilines is 2. The molecule has 55 heavy (non-hydrogen) atoms. The lowest BCUT2D eigenvalue weighted by Gasteiger charge is -2.32. The molecule has 0 bridgehead atoms. The normalized spacial score (nSPS) is 14.8. The van der Waals surface area contributed by atoms with E-state index in [4.69, 9.17) is 0 Å². The molecule has 0 radical (unpaired) electrons. The van der Waals surface area contributed by atoms with Gasteiger partial charge in [0.15, 0.2) is 0 Å². The first-order valence-corrected chi connectivity index (χ1v) is 19.6. The highest BCUT2D eigenvalue weighted by Gasteiger charge is 2.31. The van der Waals surface area contributed by atoms with Crippen molar-refractivity contribution in [2.45, 2.75) is 46.5 Å². The summed E-state index contributed by atoms with van der Waals surface area (Å²) in [5.41, 5.74) is 22.1. The highest BCUT2D eigenvalue weighted by molar-refractivity contribution is 6.18. The quantitative estimate of drug-likeness (QED) is 0.167. The second-order valence-corrected chi connectivity index (χ2v) is 15.4. The second kappa shape index (κ2) is 13.2. The minimum atomic E-state index is 0.317. The van der Waals surface area contributed by atoms with E-state index in [2.05, 4.69) is 201 Å². The van der Waals surface area contributed by atoms with Crippen LogP contribution < -0.4 is 4.90 Å². The summed E-state index contributed by atoms with van der Waals surface area (Å²) in [6.07, 6.45) is 6.66. The number of hydrogen-bond acceptors (Lipinski definition) is 1. The van der Waals surface area contributed by atoms with Crippen LogP contribution in [-0.2, 0) is 0 Å². The van der Waals surface area contributed by atoms with Crippen LogP contribution in [0.3, 0.4) is 0 Å². The molecular weight excluding hydrogens is 665 g/mol. The van der Waals surface area contributed by atoms with Gasteiger partial charge in [0.05, 0.1) is 16.7 Å². The summed E-state index contributed by atoms with van der Waals surface area (Å²) in [6, 6.07) is 56.0. The first-order valence-electron chi connectivity index (χ1n) is 19.6. The molecular formula is C53H44N2. The highest BCUT2D eigenvalue weighted by atomic mass is 15.2. The number of fused-ring (bicyclic) bond motifs is 6. The molecule has 0 fully saturated rings. The van der Waals surface area contributed by atoms with E-state index in [-0.39, 0.29) is 0 Å². The highest BCUT2D eigenvalue weighted by Crippen LogP contribution is 2.52. The van der Waals surface area contributed by atoms with Crippen LogP contribution in [0.4, 0.5) is 11.4 Å². The number of benzene rings is 7. The first kappa shape index (κ1) is 33.2. The van der Waals surface area contributed by atoms with Crippen molar-refractivity contribution in [2.24, 2.45) is 0 Å². The van der Waals surface area contributed by atoms with Gasteiger partial charge in [0.2, 0.25) is 0 Å². The van der Waals surface area contributed by atoms with Crippen molar-refractivity contribution in [3.05, 3.63) is 203 Å². The lowest BCUT2D eigenvalue weighted by atomic mass is 9.91. The number of aryl methyl sites for hydroxylation is 3. The molecule has 1 atom stereocenters. The molecule has 10 rings (SSSR count). The number of aromatic nitrogens is 1. The van der Waals surface area contributed by atoms with Crippen molar-refractivity contribution in [3.63, 3.8) is 0 Å². The molecule has 0 N–H and O–H groups in total. The Morgan fingerprint density at radius 3 is 2.04 bits per heavy atom. The summed E-state index contributed by atoms with van der Waals surface area (Å²) in [5, 5.41) is 2.54. The predicted molar refractivity (Wildman–Crippen MR) is 234 cm³/mol. The van der Waals surface area contributed by atoms with E-state index in [0.29, 0.717) is 5.92 Å². The smallest absolute Gasteiger partial charge is 0.0597 e. The Labute approximate surface area is 324 Å². The lowest BCUT2D eigenvalue weighted by molar-refractivity contribution is 0.924. The molecule has 266 valence electrons. The Bertz CT molecular complexity index is 2850. The molecule has 8 aromatic rings. The molecule has 0 aliphatic heterocycles. The average molecular weight is 709 g/mol. The third-order valence-corrected chi connectivity index (χ3v) is 12.2. The van der Waals surface area contributed by atoms with E-state index in [9.17, 15) is 0 Å². The average Bonchev–Trinajstić information content (AvgIpc) is 3.73.